The van der Waals surface area contributed by atoms with Crippen molar-refractivity contribution < 1.29 is 9.59 Å². The molecule has 1 aliphatic rings. The third-order valence-corrected chi connectivity index (χ3v) is 5.05. The highest BCUT2D eigenvalue weighted by Gasteiger charge is 2.22. The van der Waals surface area contributed by atoms with E-state index in [1.165, 1.54) is 18.9 Å². The topological polar surface area (TPSA) is 76.0 Å². The van der Waals surface area contributed by atoms with E-state index in [1.807, 2.05) is 35.9 Å². The largest absolute Gasteiger partial charge is 0.347 e. The molecule has 1 aliphatic carbocycles. The van der Waals surface area contributed by atoms with Gasteiger partial charge in [-0.1, -0.05) is 43.7 Å². The van der Waals surface area contributed by atoms with Crippen LogP contribution in [0.1, 0.15) is 66.3 Å². The molecule has 3 rings (SSSR count). The fourth-order valence-corrected chi connectivity index (χ4v) is 3.49. The van der Waals surface area contributed by atoms with Crippen LogP contribution in [-0.4, -0.2) is 21.6 Å². The van der Waals surface area contributed by atoms with Crippen LogP contribution < -0.4 is 10.6 Å². The van der Waals surface area contributed by atoms with E-state index < -0.39 is 0 Å². The first kappa shape index (κ1) is 18.9. The minimum absolute atomic E-state index is 0.0973. The van der Waals surface area contributed by atoms with Crippen molar-refractivity contribution in [3.8, 4) is 0 Å². The van der Waals surface area contributed by atoms with E-state index in [0.29, 0.717) is 18.3 Å². The van der Waals surface area contributed by atoms with E-state index in [-0.39, 0.29) is 17.9 Å². The number of aromatic nitrogens is 2. The van der Waals surface area contributed by atoms with Gasteiger partial charge in [-0.25, -0.2) is 0 Å². The third-order valence-electron chi connectivity index (χ3n) is 5.05. The van der Waals surface area contributed by atoms with Crippen LogP contribution in [0.4, 0.5) is 0 Å². The lowest BCUT2D eigenvalue weighted by Crippen LogP contribution is -2.27. The van der Waals surface area contributed by atoms with E-state index >= 15 is 0 Å². The molecule has 2 N–H and O–H groups in total. The second-order valence-corrected chi connectivity index (χ2v) is 6.96. The van der Waals surface area contributed by atoms with Gasteiger partial charge >= 0.3 is 0 Å². The van der Waals surface area contributed by atoms with Crippen LogP contribution >= 0.6 is 0 Å². The second kappa shape index (κ2) is 8.66. The Morgan fingerprint density at radius 3 is 2.63 bits per heavy atom. The molecule has 142 valence electrons. The van der Waals surface area contributed by atoms with Gasteiger partial charge in [0.05, 0.1) is 12.1 Å². The molecular formula is C21H26N4O2. The zero-order valence-electron chi connectivity index (χ0n) is 15.6. The molecule has 0 spiro atoms. The maximum absolute atomic E-state index is 12.6. The summed E-state index contributed by atoms with van der Waals surface area (Å²) in [6.45, 7) is 5.82. The van der Waals surface area contributed by atoms with Crippen molar-refractivity contribution in [3.05, 3.63) is 66.0 Å². The van der Waals surface area contributed by atoms with Crippen molar-refractivity contribution in [2.24, 2.45) is 0 Å². The minimum atomic E-state index is -0.197. The standard InChI is InChI=1S/C21H26N4O2/c1-3-20(26)24-15(2)17-10-8-16(9-11-17)14-22-21(27)19-12-13-23-25(19)18-6-4-5-7-18/h3,8-13,15,18H,1,4-7,14H2,2H3,(H,22,27)(H,24,26). The molecular weight excluding hydrogens is 340 g/mol. The van der Waals surface area contributed by atoms with Gasteiger partial charge in [-0.2, -0.15) is 5.10 Å². The Hall–Kier alpha value is -2.89. The lowest BCUT2D eigenvalue weighted by Gasteiger charge is -2.15. The van der Waals surface area contributed by atoms with E-state index in [0.717, 1.165) is 24.0 Å². The summed E-state index contributed by atoms with van der Waals surface area (Å²) in [6.07, 6.45) is 7.53. The van der Waals surface area contributed by atoms with Crippen LogP contribution in [-0.2, 0) is 11.3 Å². The first-order valence-corrected chi connectivity index (χ1v) is 9.42. The molecule has 0 aliphatic heterocycles. The van der Waals surface area contributed by atoms with Crippen LogP contribution in [0, 0.1) is 0 Å². The van der Waals surface area contributed by atoms with Gasteiger partial charge in [-0.3, -0.25) is 14.3 Å². The zero-order chi connectivity index (χ0) is 19.2. The molecule has 27 heavy (non-hydrogen) atoms. The van der Waals surface area contributed by atoms with E-state index in [9.17, 15) is 9.59 Å². The lowest BCUT2D eigenvalue weighted by atomic mass is 10.1. The summed E-state index contributed by atoms with van der Waals surface area (Å²) >= 11 is 0. The second-order valence-electron chi connectivity index (χ2n) is 6.96. The van der Waals surface area contributed by atoms with Gasteiger partial charge in [0, 0.05) is 12.7 Å². The van der Waals surface area contributed by atoms with Crippen molar-refractivity contribution in [2.45, 2.75) is 51.2 Å². The molecule has 1 unspecified atom stereocenters. The Kier molecular flexibility index (Phi) is 6.06. The number of nitrogens with zero attached hydrogens (tertiary/aromatic N) is 2. The van der Waals surface area contributed by atoms with Crippen molar-refractivity contribution in [1.29, 1.82) is 0 Å². The summed E-state index contributed by atoms with van der Waals surface area (Å²) < 4.78 is 1.87. The van der Waals surface area contributed by atoms with Crippen LogP contribution in [0.2, 0.25) is 0 Å². The highest BCUT2D eigenvalue weighted by Crippen LogP contribution is 2.29. The van der Waals surface area contributed by atoms with Crippen molar-refractivity contribution in [3.63, 3.8) is 0 Å². The molecule has 1 fully saturated rings. The Morgan fingerprint density at radius 1 is 1.26 bits per heavy atom. The Labute approximate surface area is 159 Å². The van der Waals surface area contributed by atoms with E-state index in [1.54, 1.807) is 12.3 Å². The normalized spacial score (nSPS) is 15.3. The molecule has 0 bridgehead atoms. The van der Waals surface area contributed by atoms with Crippen molar-refractivity contribution in [2.75, 3.05) is 0 Å². The van der Waals surface area contributed by atoms with Gasteiger partial charge in [-0.15, -0.1) is 0 Å². The molecule has 0 saturated heterocycles. The first-order chi connectivity index (χ1) is 13.1. The van der Waals surface area contributed by atoms with Crippen molar-refractivity contribution in [1.82, 2.24) is 20.4 Å². The van der Waals surface area contributed by atoms with Gasteiger partial charge in [0.25, 0.3) is 5.91 Å². The first-order valence-electron chi connectivity index (χ1n) is 9.42. The van der Waals surface area contributed by atoms with Gasteiger partial charge in [0.2, 0.25) is 5.91 Å². The SMILES string of the molecule is C=CC(=O)NC(C)c1ccc(CNC(=O)c2ccnn2C2CCCC2)cc1. The quantitative estimate of drug-likeness (QED) is 0.738. The summed E-state index contributed by atoms with van der Waals surface area (Å²) in [7, 11) is 0. The molecule has 2 aromatic rings. The maximum Gasteiger partial charge on any atom is 0.269 e. The van der Waals surface area contributed by atoms with Gasteiger partial charge in [0.1, 0.15) is 5.69 Å². The summed E-state index contributed by atoms with van der Waals surface area (Å²) in [6, 6.07) is 9.85. The molecule has 1 heterocycles. The highest BCUT2D eigenvalue weighted by molar-refractivity contribution is 5.92. The summed E-state index contributed by atoms with van der Waals surface area (Å²) in [5.41, 5.74) is 2.63. The molecule has 6 heteroatoms. The van der Waals surface area contributed by atoms with E-state index in [2.05, 4.69) is 22.3 Å². The van der Waals surface area contributed by atoms with Crippen molar-refractivity contribution >= 4 is 11.8 Å². The molecule has 2 amide bonds. The van der Waals surface area contributed by atoms with Gasteiger partial charge in [-0.05, 0) is 43.0 Å². The fourth-order valence-electron chi connectivity index (χ4n) is 3.49. The number of amides is 2. The lowest BCUT2D eigenvalue weighted by molar-refractivity contribution is -0.117. The molecule has 1 atom stereocenters. The van der Waals surface area contributed by atoms with Crippen LogP contribution in [0.5, 0.6) is 0 Å². The predicted molar refractivity (Wildman–Crippen MR) is 104 cm³/mol. The summed E-state index contributed by atoms with van der Waals surface area (Å²) in [5.74, 6) is -0.298. The van der Waals surface area contributed by atoms with E-state index in [4.69, 9.17) is 0 Å². The Bertz CT molecular complexity index is 804. The van der Waals surface area contributed by atoms with Crippen LogP contribution in [0.25, 0.3) is 0 Å². The Morgan fingerprint density at radius 2 is 1.96 bits per heavy atom. The minimum Gasteiger partial charge on any atom is -0.347 e. The van der Waals surface area contributed by atoms with Crippen LogP contribution in [0.15, 0.2) is 49.2 Å². The van der Waals surface area contributed by atoms with Gasteiger partial charge in [0.15, 0.2) is 0 Å². The molecule has 6 nitrogen and oxygen atoms in total. The number of rotatable bonds is 7. The predicted octanol–water partition coefficient (Wildman–Crippen LogP) is 3.29. The smallest absolute Gasteiger partial charge is 0.269 e. The molecule has 1 aromatic heterocycles. The average molecular weight is 366 g/mol. The molecule has 1 aromatic carbocycles. The fraction of sp³-hybridized carbons (Fsp3) is 0.381. The monoisotopic (exact) mass is 366 g/mol. The maximum atomic E-state index is 12.6. The average Bonchev–Trinajstić information content (AvgIpc) is 3.37. The number of carbonyl (C=O) groups is 2. The summed E-state index contributed by atoms with van der Waals surface area (Å²) in [5, 5.41) is 10.2. The summed E-state index contributed by atoms with van der Waals surface area (Å²) in [4.78, 5) is 23.9. The number of benzene rings is 1. The number of hydrogen-bond acceptors (Lipinski definition) is 3. The number of hydrogen-bond donors (Lipinski definition) is 2. The number of carbonyl (C=O) groups excluding carboxylic acids is 2. The number of nitrogens with one attached hydrogen (secondary N) is 2. The van der Waals surface area contributed by atoms with Gasteiger partial charge < -0.3 is 10.6 Å². The third kappa shape index (κ3) is 4.64. The zero-order valence-corrected chi connectivity index (χ0v) is 15.6. The molecule has 0 radical (unpaired) electrons. The Balaban J connectivity index is 1.57. The highest BCUT2D eigenvalue weighted by atomic mass is 16.2. The molecule has 1 saturated carbocycles. The van der Waals surface area contributed by atoms with Crippen LogP contribution in [0.3, 0.4) is 0 Å².